The third-order valence-corrected chi connectivity index (χ3v) is 9.43. The lowest BCUT2D eigenvalue weighted by atomic mass is 10.1. The molecule has 3 aliphatic heterocycles. The van der Waals surface area contributed by atoms with Crippen LogP contribution < -0.4 is 15.4 Å². The van der Waals surface area contributed by atoms with E-state index in [2.05, 4.69) is 15.4 Å². The molecule has 1 aliphatic carbocycles. The van der Waals surface area contributed by atoms with Gasteiger partial charge in [-0.1, -0.05) is 18.6 Å². The maximum atomic E-state index is 13.6. The van der Waals surface area contributed by atoms with Crippen molar-refractivity contribution in [3.8, 4) is 0 Å². The van der Waals surface area contributed by atoms with Crippen molar-refractivity contribution >= 4 is 34.0 Å². The Balaban J connectivity index is 1.54. The van der Waals surface area contributed by atoms with Gasteiger partial charge < -0.3 is 20.3 Å². The van der Waals surface area contributed by atoms with Crippen LogP contribution in [0.4, 0.5) is 4.79 Å². The third-order valence-electron chi connectivity index (χ3n) is 7.94. The van der Waals surface area contributed by atoms with Crippen molar-refractivity contribution in [3.05, 3.63) is 12.2 Å². The lowest BCUT2D eigenvalue weighted by Gasteiger charge is -2.30. The lowest BCUT2D eigenvalue weighted by molar-refractivity contribution is -0.146. The molecular formula is C27H43N5O7S. The normalized spacial score (nSPS) is 30.4. The zero-order valence-corrected chi connectivity index (χ0v) is 24.6. The minimum atomic E-state index is -4.02. The number of hydrogen-bond donors (Lipinski definition) is 3. The second kappa shape index (κ2) is 12.1. The topological polar surface area (TPSA) is 154 Å². The number of fused-ring (bicyclic) bond motifs is 2. The molecule has 0 aromatic rings. The summed E-state index contributed by atoms with van der Waals surface area (Å²) in [6.07, 6.45) is 8.20. The smallest absolute Gasteiger partial charge is 0.408 e. The molecule has 3 fully saturated rings. The number of nitrogens with one attached hydrogen (secondary N) is 3. The first-order valence-corrected chi connectivity index (χ1v) is 15.9. The fraction of sp³-hybridized carbons (Fsp3) is 0.778. The van der Waals surface area contributed by atoms with Gasteiger partial charge in [0.1, 0.15) is 11.6 Å². The number of nitrogens with zero attached hydrogens (tertiary/aromatic N) is 2. The van der Waals surface area contributed by atoms with Crippen LogP contribution in [0.1, 0.15) is 85.0 Å². The summed E-state index contributed by atoms with van der Waals surface area (Å²) in [7, 11) is -4.02. The van der Waals surface area contributed by atoms with Gasteiger partial charge in [-0.05, 0) is 78.6 Å². The van der Waals surface area contributed by atoms with Crippen molar-refractivity contribution in [2.45, 2.75) is 108 Å². The van der Waals surface area contributed by atoms with Crippen LogP contribution in [0, 0.1) is 5.92 Å². The summed E-state index contributed by atoms with van der Waals surface area (Å²) in [5.74, 6) is -2.05. The molecule has 0 bridgehead atoms. The second-order valence-corrected chi connectivity index (χ2v) is 14.0. The zero-order valence-electron chi connectivity index (χ0n) is 23.7. The minimum absolute atomic E-state index is 0.274. The molecular weight excluding hydrogens is 538 g/mol. The van der Waals surface area contributed by atoms with Crippen LogP contribution in [-0.4, -0.2) is 84.3 Å². The molecule has 1 saturated carbocycles. The summed E-state index contributed by atoms with van der Waals surface area (Å²) in [4.78, 5) is 54.6. The highest BCUT2D eigenvalue weighted by atomic mass is 32.2. The first-order chi connectivity index (χ1) is 18.8. The number of carbonyl (C=O) groups excluding carboxylic acids is 4. The summed E-state index contributed by atoms with van der Waals surface area (Å²) >= 11 is 0. The molecule has 12 nitrogen and oxygen atoms in total. The highest BCUT2D eigenvalue weighted by Gasteiger charge is 2.61. The summed E-state index contributed by atoms with van der Waals surface area (Å²) in [6.45, 7) is 6.46. The van der Waals surface area contributed by atoms with Gasteiger partial charge in [0.05, 0.1) is 0 Å². The minimum Gasteiger partial charge on any atom is -0.436 e. The average molecular weight is 582 g/mol. The van der Waals surface area contributed by atoms with Gasteiger partial charge in [-0.15, -0.1) is 0 Å². The van der Waals surface area contributed by atoms with E-state index in [1.54, 1.807) is 0 Å². The molecule has 4 amide bonds. The molecule has 224 valence electrons. The molecule has 0 radical (unpaired) electrons. The lowest BCUT2D eigenvalue weighted by Crippen LogP contribution is -2.58. The first-order valence-electron chi connectivity index (χ1n) is 14.4. The number of hydrogen-bond acceptors (Lipinski definition) is 7. The molecule has 4 aliphatic rings. The van der Waals surface area contributed by atoms with Crippen molar-refractivity contribution in [2.75, 3.05) is 19.6 Å². The molecule has 0 unspecified atom stereocenters. The van der Waals surface area contributed by atoms with E-state index in [-0.39, 0.29) is 12.3 Å². The number of alkyl carbamates (subject to hydrolysis) is 1. The second-order valence-electron chi connectivity index (χ2n) is 12.3. The monoisotopic (exact) mass is 581 g/mol. The quantitative estimate of drug-likeness (QED) is 0.427. The van der Waals surface area contributed by atoms with Crippen LogP contribution in [0.5, 0.6) is 0 Å². The molecule has 0 aromatic heterocycles. The fourth-order valence-electron chi connectivity index (χ4n) is 5.70. The van der Waals surface area contributed by atoms with Crippen LogP contribution in [-0.2, 0) is 29.3 Å². The van der Waals surface area contributed by atoms with Crippen LogP contribution in [0.15, 0.2) is 12.2 Å². The maximum absolute atomic E-state index is 13.6. The molecule has 40 heavy (non-hydrogen) atoms. The van der Waals surface area contributed by atoms with Crippen LogP contribution in [0.25, 0.3) is 0 Å². The Morgan fingerprint density at radius 1 is 1.02 bits per heavy atom. The van der Waals surface area contributed by atoms with Gasteiger partial charge in [-0.2, -0.15) is 12.7 Å². The Labute approximate surface area is 236 Å². The van der Waals surface area contributed by atoms with E-state index in [0.717, 1.165) is 32.1 Å². The molecule has 0 aromatic carbocycles. The van der Waals surface area contributed by atoms with Crippen LogP contribution in [0.2, 0.25) is 0 Å². The summed E-state index contributed by atoms with van der Waals surface area (Å²) < 4.78 is 34.7. The highest BCUT2D eigenvalue weighted by molar-refractivity contribution is 7.87. The number of carbonyl (C=O) groups is 4. The van der Waals surface area contributed by atoms with Gasteiger partial charge in [0, 0.05) is 31.1 Å². The zero-order chi connectivity index (χ0) is 29.1. The van der Waals surface area contributed by atoms with Crippen LogP contribution >= 0.6 is 0 Å². The Kier molecular flexibility index (Phi) is 9.13. The summed E-state index contributed by atoms with van der Waals surface area (Å²) in [6, 6.07) is -0.848. The molecule has 4 atom stereocenters. The van der Waals surface area contributed by atoms with Gasteiger partial charge in [-0.3, -0.25) is 14.4 Å². The Morgan fingerprint density at radius 2 is 1.75 bits per heavy atom. The van der Waals surface area contributed by atoms with Crippen molar-refractivity contribution in [3.63, 3.8) is 0 Å². The van der Waals surface area contributed by atoms with Crippen molar-refractivity contribution in [1.29, 1.82) is 0 Å². The van der Waals surface area contributed by atoms with Gasteiger partial charge in [0.2, 0.25) is 5.91 Å². The predicted octanol–water partition coefficient (Wildman–Crippen LogP) is 1.72. The van der Waals surface area contributed by atoms with E-state index in [9.17, 15) is 27.6 Å². The summed E-state index contributed by atoms with van der Waals surface area (Å²) in [5, 5.41) is 5.55. The van der Waals surface area contributed by atoms with Crippen molar-refractivity contribution in [2.24, 2.45) is 5.92 Å². The molecule has 2 saturated heterocycles. The van der Waals surface area contributed by atoms with E-state index < -0.39 is 57.2 Å². The van der Waals surface area contributed by atoms with Crippen LogP contribution in [0.3, 0.4) is 0 Å². The largest absolute Gasteiger partial charge is 0.436 e. The van der Waals surface area contributed by atoms with E-state index in [4.69, 9.17) is 4.74 Å². The number of ether oxygens (including phenoxy) is 1. The summed E-state index contributed by atoms with van der Waals surface area (Å²) in [5.41, 5.74) is -1.94. The van der Waals surface area contributed by atoms with E-state index >= 15 is 0 Å². The van der Waals surface area contributed by atoms with Gasteiger partial charge in [0.25, 0.3) is 11.8 Å². The van der Waals surface area contributed by atoms with E-state index in [0.29, 0.717) is 45.3 Å². The standard InChI is InChI=1S/C27H43N5O7S/c1-26(2,3)29-25(36)39-21-14-8-6-4-5-7-12-19-18-27(19,24(35)30-40(37,38)31-15-9-10-16-31)28-22(33)20-13-11-17-32(20)23(21)34/h7,12,19-21H,4-6,8-11,13-18H2,1-3H3,(H,28,33)(H,29,36)(H,30,35)/t19-,20+,21+,27-/m1/s1. The SMILES string of the molecule is CC(C)(C)NC(=O)O[C@H]1CCCCCC=C[C@@H]2C[C@@]2(C(=O)NS(=O)(=O)N2CCCC2)NC(=O)[C@@H]2CCCN2C1=O. The number of amides is 4. The molecule has 0 spiro atoms. The Hall–Kier alpha value is -2.67. The maximum Gasteiger partial charge on any atom is 0.408 e. The molecule has 3 heterocycles. The van der Waals surface area contributed by atoms with Crippen molar-refractivity contribution in [1.82, 2.24) is 24.6 Å². The van der Waals surface area contributed by atoms with Gasteiger partial charge in [-0.25, -0.2) is 9.52 Å². The molecule has 4 rings (SSSR count). The molecule has 13 heteroatoms. The van der Waals surface area contributed by atoms with E-state index in [1.165, 1.54) is 9.21 Å². The fourth-order valence-corrected chi connectivity index (χ4v) is 6.99. The highest BCUT2D eigenvalue weighted by Crippen LogP contribution is 2.45. The average Bonchev–Trinajstić information content (AvgIpc) is 3.25. The Morgan fingerprint density at radius 3 is 2.45 bits per heavy atom. The number of rotatable bonds is 4. The van der Waals surface area contributed by atoms with Crippen molar-refractivity contribution < 1.29 is 32.3 Å². The third kappa shape index (κ3) is 7.15. The molecule has 3 N–H and O–H groups in total. The first kappa shape index (κ1) is 30.3. The van der Waals surface area contributed by atoms with E-state index in [1.807, 2.05) is 32.9 Å². The predicted molar refractivity (Wildman–Crippen MR) is 147 cm³/mol. The van der Waals surface area contributed by atoms with Gasteiger partial charge in [0.15, 0.2) is 6.10 Å². The Bertz CT molecular complexity index is 1130. The number of allylic oxidation sites excluding steroid dienone is 1. The van der Waals surface area contributed by atoms with Gasteiger partial charge >= 0.3 is 16.3 Å².